The van der Waals surface area contributed by atoms with Crippen molar-refractivity contribution in [3.8, 4) is 0 Å². The molecule has 0 saturated carbocycles. The molecule has 0 spiro atoms. The van der Waals surface area contributed by atoms with Crippen LogP contribution in [0.1, 0.15) is 43.5 Å². The average Bonchev–Trinajstić information content (AvgIpc) is 3.03. The number of hydrogen-bond donors (Lipinski definition) is 1. The van der Waals surface area contributed by atoms with Gasteiger partial charge < -0.3 is 15.0 Å². The smallest absolute Gasteiger partial charge is 0.305 e. The number of nitrogens with zero attached hydrogens (tertiary/aromatic N) is 1. The maximum atomic E-state index is 11.8. The van der Waals surface area contributed by atoms with Crippen molar-refractivity contribution in [3.05, 3.63) is 65.4 Å². The highest BCUT2D eigenvalue weighted by molar-refractivity contribution is 7.99. The molecule has 0 saturated heterocycles. The standard InChI is InChI=1S/C25H30N2O3S/c1-3-22-21(16-24(26)28)20-15-19(31-14-8-11-25(29)30-4-2)12-13-23(20)27(22)17-18-9-6-5-7-10-18/h5-7,9-10,12-13,15H,3-4,8,11,14,16-17H2,1-2H3,(H2,26,28). The summed E-state index contributed by atoms with van der Waals surface area (Å²) in [5.74, 6) is 0.370. The number of nitrogens with two attached hydrogens (primary N) is 1. The van der Waals surface area contributed by atoms with E-state index >= 15 is 0 Å². The van der Waals surface area contributed by atoms with Crippen LogP contribution in [0.15, 0.2) is 53.4 Å². The van der Waals surface area contributed by atoms with E-state index in [1.165, 1.54) is 5.56 Å². The maximum absolute atomic E-state index is 11.8. The Kier molecular flexibility index (Phi) is 8.18. The molecule has 0 aliphatic carbocycles. The van der Waals surface area contributed by atoms with Gasteiger partial charge >= 0.3 is 5.97 Å². The molecule has 1 heterocycles. The predicted octanol–water partition coefficient (Wildman–Crippen LogP) is 4.72. The Morgan fingerprint density at radius 3 is 2.55 bits per heavy atom. The monoisotopic (exact) mass is 438 g/mol. The summed E-state index contributed by atoms with van der Waals surface area (Å²) < 4.78 is 7.29. The van der Waals surface area contributed by atoms with Crippen molar-refractivity contribution in [2.75, 3.05) is 12.4 Å². The number of primary amides is 1. The molecule has 0 bridgehead atoms. The van der Waals surface area contributed by atoms with Crippen LogP contribution < -0.4 is 5.73 Å². The molecular formula is C25H30N2O3S. The van der Waals surface area contributed by atoms with E-state index in [-0.39, 0.29) is 18.3 Å². The van der Waals surface area contributed by atoms with Crippen LogP contribution >= 0.6 is 11.8 Å². The molecule has 5 nitrogen and oxygen atoms in total. The lowest BCUT2D eigenvalue weighted by molar-refractivity contribution is -0.143. The molecule has 0 fully saturated rings. The van der Waals surface area contributed by atoms with Gasteiger partial charge in [0, 0.05) is 34.5 Å². The number of amides is 1. The van der Waals surface area contributed by atoms with Crippen LogP contribution in [-0.4, -0.2) is 28.8 Å². The first-order valence-electron chi connectivity index (χ1n) is 10.8. The van der Waals surface area contributed by atoms with Gasteiger partial charge in [0.2, 0.25) is 5.91 Å². The molecule has 0 unspecified atom stereocenters. The number of carbonyl (C=O) groups is 2. The second-order valence-corrected chi connectivity index (χ2v) is 8.60. The van der Waals surface area contributed by atoms with Crippen LogP contribution in [0.3, 0.4) is 0 Å². The molecule has 31 heavy (non-hydrogen) atoms. The number of hydrogen-bond acceptors (Lipinski definition) is 4. The van der Waals surface area contributed by atoms with Gasteiger partial charge in [-0.2, -0.15) is 0 Å². The fourth-order valence-corrected chi connectivity index (χ4v) is 4.80. The normalized spacial score (nSPS) is 11.0. The van der Waals surface area contributed by atoms with Crippen LogP contribution in [-0.2, 0) is 33.7 Å². The second-order valence-electron chi connectivity index (χ2n) is 7.43. The van der Waals surface area contributed by atoms with Crippen LogP contribution in [0.5, 0.6) is 0 Å². The summed E-state index contributed by atoms with van der Waals surface area (Å²) in [6, 6.07) is 16.7. The van der Waals surface area contributed by atoms with E-state index in [1.54, 1.807) is 11.8 Å². The summed E-state index contributed by atoms with van der Waals surface area (Å²) in [4.78, 5) is 24.5. The summed E-state index contributed by atoms with van der Waals surface area (Å²) in [7, 11) is 0. The Morgan fingerprint density at radius 2 is 1.87 bits per heavy atom. The van der Waals surface area contributed by atoms with Gasteiger partial charge in [-0.3, -0.25) is 9.59 Å². The highest BCUT2D eigenvalue weighted by atomic mass is 32.2. The molecule has 164 valence electrons. The number of aromatic nitrogens is 1. The SMILES string of the molecule is CCOC(=O)CCCSc1ccc2c(c1)c(CC(N)=O)c(CC)n2Cc1ccccc1. The van der Waals surface area contributed by atoms with Crippen molar-refractivity contribution >= 4 is 34.5 Å². The van der Waals surface area contributed by atoms with E-state index in [1.807, 2.05) is 25.1 Å². The van der Waals surface area contributed by atoms with Crippen molar-refractivity contribution in [1.29, 1.82) is 0 Å². The van der Waals surface area contributed by atoms with Gasteiger partial charge in [-0.1, -0.05) is 37.3 Å². The van der Waals surface area contributed by atoms with Gasteiger partial charge in [0.05, 0.1) is 13.0 Å². The van der Waals surface area contributed by atoms with Crippen molar-refractivity contribution in [2.45, 2.75) is 51.0 Å². The molecule has 0 aliphatic rings. The fraction of sp³-hybridized carbons (Fsp3) is 0.360. The number of thioether (sulfide) groups is 1. The Morgan fingerprint density at radius 1 is 1.10 bits per heavy atom. The summed E-state index contributed by atoms with van der Waals surface area (Å²) in [5, 5.41) is 1.09. The largest absolute Gasteiger partial charge is 0.466 e. The zero-order valence-corrected chi connectivity index (χ0v) is 19.0. The van der Waals surface area contributed by atoms with E-state index in [0.29, 0.717) is 13.0 Å². The Bertz CT molecular complexity index is 1040. The Labute approximate surface area is 188 Å². The van der Waals surface area contributed by atoms with Crippen LogP contribution in [0.25, 0.3) is 10.9 Å². The molecule has 6 heteroatoms. The molecule has 1 aromatic heterocycles. The van der Waals surface area contributed by atoms with Gasteiger partial charge in [-0.05, 0) is 54.8 Å². The van der Waals surface area contributed by atoms with E-state index in [0.717, 1.165) is 52.2 Å². The minimum absolute atomic E-state index is 0.145. The molecule has 1 amide bonds. The van der Waals surface area contributed by atoms with Crippen LogP contribution in [0.4, 0.5) is 0 Å². The van der Waals surface area contributed by atoms with E-state index in [2.05, 4.69) is 41.8 Å². The predicted molar refractivity (Wildman–Crippen MR) is 126 cm³/mol. The van der Waals surface area contributed by atoms with Crippen molar-refractivity contribution in [1.82, 2.24) is 4.57 Å². The third-order valence-corrected chi connectivity index (χ3v) is 6.31. The number of ether oxygens (including phenoxy) is 1. The Hall–Kier alpha value is -2.73. The summed E-state index contributed by atoms with van der Waals surface area (Å²) in [5.41, 5.74) is 10.1. The number of esters is 1. The molecule has 3 aromatic rings. The molecule has 0 atom stereocenters. The lowest BCUT2D eigenvalue weighted by Gasteiger charge is -2.11. The first-order valence-corrected chi connectivity index (χ1v) is 11.8. The van der Waals surface area contributed by atoms with E-state index in [4.69, 9.17) is 10.5 Å². The third kappa shape index (κ3) is 5.91. The molecule has 0 aliphatic heterocycles. The number of fused-ring (bicyclic) bond motifs is 1. The van der Waals surface area contributed by atoms with Crippen LogP contribution in [0.2, 0.25) is 0 Å². The second kappa shape index (κ2) is 11.0. The van der Waals surface area contributed by atoms with E-state index in [9.17, 15) is 9.59 Å². The van der Waals surface area contributed by atoms with Crippen molar-refractivity contribution < 1.29 is 14.3 Å². The summed E-state index contributed by atoms with van der Waals surface area (Å²) in [6.07, 6.45) is 2.26. The molecule has 2 N–H and O–H groups in total. The van der Waals surface area contributed by atoms with Crippen molar-refractivity contribution in [2.24, 2.45) is 5.73 Å². The minimum Gasteiger partial charge on any atom is -0.466 e. The van der Waals surface area contributed by atoms with Gasteiger partial charge in [-0.25, -0.2) is 0 Å². The molecular weight excluding hydrogens is 408 g/mol. The average molecular weight is 439 g/mol. The maximum Gasteiger partial charge on any atom is 0.305 e. The molecule has 3 rings (SSSR count). The quantitative estimate of drug-likeness (QED) is 0.267. The first kappa shape index (κ1) is 22.9. The zero-order chi connectivity index (χ0) is 22.2. The minimum atomic E-state index is -0.319. The van der Waals surface area contributed by atoms with Crippen molar-refractivity contribution in [3.63, 3.8) is 0 Å². The van der Waals surface area contributed by atoms with Gasteiger partial charge in [0.25, 0.3) is 0 Å². The highest BCUT2D eigenvalue weighted by Crippen LogP contribution is 2.32. The lowest BCUT2D eigenvalue weighted by atomic mass is 10.1. The lowest BCUT2D eigenvalue weighted by Crippen LogP contribution is -2.15. The first-order chi connectivity index (χ1) is 15.0. The van der Waals surface area contributed by atoms with Gasteiger partial charge in [0.15, 0.2) is 0 Å². The molecule has 0 radical (unpaired) electrons. The van der Waals surface area contributed by atoms with Crippen LogP contribution in [0, 0.1) is 0 Å². The zero-order valence-electron chi connectivity index (χ0n) is 18.2. The number of rotatable bonds is 11. The highest BCUT2D eigenvalue weighted by Gasteiger charge is 2.18. The number of carbonyl (C=O) groups excluding carboxylic acids is 2. The van der Waals surface area contributed by atoms with Gasteiger partial charge in [-0.15, -0.1) is 11.8 Å². The summed E-state index contributed by atoms with van der Waals surface area (Å²) in [6.45, 7) is 5.11. The number of benzene rings is 2. The van der Waals surface area contributed by atoms with Gasteiger partial charge in [0.1, 0.15) is 0 Å². The molecule has 2 aromatic carbocycles. The third-order valence-electron chi connectivity index (χ3n) is 5.23. The summed E-state index contributed by atoms with van der Waals surface area (Å²) >= 11 is 1.72. The van der Waals surface area contributed by atoms with E-state index < -0.39 is 0 Å². The fourth-order valence-electron chi connectivity index (χ4n) is 3.91. The Balaban J connectivity index is 1.88. The topological polar surface area (TPSA) is 74.3 Å².